The monoisotopic (exact) mass is 308 g/mol. The number of nitrogens with two attached hydrogens (primary N) is 1. The summed E-state index contributed by atoms with van der Waals surface area (Å²) in [5.74, 6) is -2.54. The van der Waals surface area contributed by atoms with E-state index in [2.05, 4.69) is 5.32 Å². The molecule has 2 aromatic carbocycles. The largest absolute Gasteiger partial charge is 0.478 e. The van der Waals surface area contributed by atoms with Crippen molar-refractivity contribution < 1.29 is 19.1 Å². The average Bonchev–Trinajstić information content (AvgIpc) is 2.40. The number of primary amides is 1. The lowest BCUT2D eigenvalue weighted by atomic mass is 10.1. The molecule has 0 spiro atoms. The second-order valence-corrected chi connectivity index (χ2v) is 4.59. The first kappa shape index (κ1) is 14.8. The van der Waals surface area contributed by atoms with Crippen LogP contribution in [0.5, 0.6) is 0 Å². The molecule has 0 aliphatic carbocycles. The fraction of sp³-hybridized carbons (Fsp3) is 0. The molecule has 0 bridgehead atoms. The van der Waals surface area contributed by atoms with E-state index in [0.29, 0.717) is 5.69 Å². The van der Waals surface area contributed by atoms with E-state index in [1.807, 2.05) is 0 Å². The molecule has 0 unspecified atom stereocenters. The zero-order chi connectivity index (χ0) is 15.6. The zero-order valence-electron chi connectivity index (χ0n) is 10.6. The van der Waals surface area contributed by atoms with Crippen LogP contribution in [0.4, 0.5) is 15.8 Å². The van der Waals surface area contributed by atoms with Crippen molar-refractivity contribution in [3.8, 4) is 0 Å². The molecule has 108 valence electrons. The van der Waals surface area contributed by atoms with Gasteiger partial charge in [0.05, 0.1) is 16.3 Å². The van der Waals surface area contributed by atoms with Crippen LogP contribution in [0.2, 0.25) is 5.02 Å². The third-order valence-corrected chi connectivity index (χ3v) is 3.04. The minimum absolute atomic E-state index is 0.0293. The van der Waals surface area contributed by atoms with Gasteiger partial charge < -0.3 is 16.2 Å². The Bertz CT molecular complexity index is 734. The van der Waals surface area contributed by atoms with Gasteiger partial charge in [0.1, 0.15) is 5.82 Å². The van der Waals surface area contributed by atoms with E-state index in [-0.39, 0.29) is 21.8 Å². The summed E-state index contributed by atoms with van der Waals surface area (Å²) in [6.45, 7) is 0. The number of nitrogens with one attached hydrogen (secondary N) is 1. The second-order valence-electron chi connectivity index (χ2n) is 4.18. The number of carbonyl (C=O) groups is 2. The molecule has 0 saturated heterocycles. The van der Waals surface area contributed by atoms with Crippen LogP contribution in [0.1, 0.15) is 20.7 Å². The molecule has 0 aromatic heterocycles. The molecular formula is C14H10ClFN2O3. The molecule has 4 N–H and O–H groups in total. The Kier molecular flexibility index (Phi) is 4.09. The van der Waals surface area contributed by atoms with Crippen molar-refractivity contribution in [2.24, 2.45) is 5.73 Å². The minimum atomic E-state index is -1.15. The predicted octanol–water partition coefficient (Wildman–Crippen LogP) is 3.02. The number of benzene rings is 2. The number of hydrogen-bond acceptors (Lipinski definition) is 3. The standard InChI is InChI=1S/C14H10ClFN2O3/c15-10-6-8(2-3-9(10)14(20)21)18-12-4-1-7(13(17)19)5-11(12)16/h1-6,18H,(H2,17,19)(H,20,21). The van der Waals surface area contributed by atoms with Crippen molar-refractivity contribution >= 4 is 34.9 Å². The SMILES string of the molecule is NC(=O)c1ccc(Nc2ccc(C(=O)O)c(Cl)c2)c(F)c1. The third kappa shape index (κ3) is 3.29. The van der Waals surface area contributed by atoms with Gasteiger partial charge in [0.15, 0.2) is 0 Å². The summed E-state index contributed by atoms with van der Waals surface area (Å²) in [6.07, 6.45) is 0. The second kappa shape index (κ2) is 5.80. The number of aromatic carboxylic acids is 1. The molecule has 2 rings (SSSR count). The number of hydrogen-bond donors (Lipinski definition) is 3. The van der Waals surface area contributed by atoms with E-state index in [1.54, 1.807) is 0 Å². The van der Waals surface area contributed by atoms with E-state index < -0.39 is 17.7 Å². The third-order valence-electron chi connectivity index (χ3n) is 2.73. The van der Waals surface area contributed by atoms with Crippen molar-refractivity contribution in [2.45, 2.75) is 0 Å². The Morgan fingerprint density at radius 3 is 2.43 bits per heavy atom. The van der Waals surface area contributed by atoms with Crippen LogP contribution in [-0.4, -0.2) is 17.0 Å². The maximum absolute atomic E-state index is 13.8. The van der Waals surface area contributed by atoms with Crippen molar-refractivity contribution in [2.75, 3.05) is 5.32 Å². The lowest BCUT2D eigenvalue weighted by Gasteiger charge is -2.09. The summed E-state index contributed by atoms with van der Waals surface area (Å²) in [4.78, 5) is 21.8. The van der Waals surface area contributed by atoms with E-state index >= 15 is 0 Å². The normalized spacial score (nSPS) is 10.2. The Balaban J connectivity index is 2.28. The fourth-order valence-electron chi connectivity index (χ4n) is 1.69. The number of rotatable bonds is 4. The van der Waals surface area contributed by atoms with Crippen molar-refractivity contribution in [3.05, 3.63) is 58.4 Å². The van der Waals surface area contributed by atoms with Gasteiger partial charge in [0, 0.05) is 11.3 Å². The van der Waals surface area contributed by atoms with Crippen LogP contribution < -0.4 is 11.1 Å². The first-order valence-corrected chi connectivity index (χ1v) is 6.15. The highest BCUT2D eigenvalue weighted by Crippen LogP contribution is 2.25. The molecule has 0 aliphatic heterocycles. The summed E-state index contributed by atoms with van der Waals surface area (Å²) < 4.78 is 13.8. The fourth-order valence-corrected chi connectivity index (χ4v) is 1.95. The molecule has 0 saturated carbocycles. The van der Waals surface area contributed by atoms with Gasteiger partial charge >= 0.3 is 5.97 Å². The predicted molar refractivity (Wildman–Crippen MR) is 76.6 cm³/mol. The molecule has 2 aromatic rings. The smallest absolute Gasteiger partial charge is 0.337 e. The van der Waals surface area contributed by atoms with Gasteiger partial charge in [0.25, 0.3) is 0 Å². The summed E-state index contributed by atoms with van der Waals surface area (Å²) in [5.41, 5.74) is 5.58. The van der Waals surface area contributed by atoms with Gasteiger partial charge in [-0.2, -0.15) is 0 Å². The van der Waals surface area contributed by atoms with Gasteiger partial charge in [0.2, 0.25) is 5.91 Å². The van der Waals surface area contributed by atoms with Crippen LogP contribution in [0, 0.1) is 5.82 Å². The molecule has 21 heavy (non-hydrogen) atoms. The zero-order valence-corrected chi connectivity index (χ0v) is 11.3. The molecule has 5 nitrogen and oxygen atoms in total. The van der Waals surface area contributed by atoms with Crippen LogP contribution in [0.15, 0.2) is 36.4 Å². The Labute approximate surface area is 124 Å². The number of carboxylic acid groups (broad SMARTS) is 1. The number of amides is 1. The minimum Gasteiger partial charge on any atom is -0.478 e. The highest BCUT2D eigenvalue weighted by Gasteiger charge is 2.11. The van der Waals surface area contributed by atoms with Crippen LogP contribution >= 0.6 is 11.6 Å². The number of halogens is 2. The van der Waals surface area contributed by atoms with Gasteiger partial charge in [-0.05, 0) is 36.4 Å². The van der Waals surface area contributed by atoms with Gasteiger partial charge in [-0.3, -0.25) is 4.79 Å². The molecule has 1 amide bonds. The first-order valence-electron chi connectivity index (χ1n) is 5.77. The van der Waals surface area contributed by atoms with Crippen LogP contribution in [-0.2, 0) is 0 Å². The van der Waals surface area contributed by atoms with Gasteiger partial charge in [-0.15, -0.1) is 0 Å². The maximum atomic E-state index is 13.8. The van der Waals surface area contributed by atoms with Crippen LogP contribution in [0.25, 0.3) is 0 Å². The van der Waals surface area contributed by atoms with E-state index in [4.69, 9.17) is 22.4 Å². The lowest BCUT2D eigenvalue weighted by Crippen LogP contribution is -2.11. The molecule has 0 radical (unpaired) electrons. The molecule has 0 atom stereocenters. The lowest BCUT2D eigenvalue weighted by molar-refractivity contribution is 0.0697. The Morgan fingerprint density at radius 2 is 1.90 bits per heavy atom. The molecule has 0 aliphatic rings. The number of carboxylic acids is 1. The van der Waals surface area contributed by atoms with Crippen molar-refractivity contribution in [1.29, 1.82) is 0 Å². The van der Waals surface area contributed by atoms with Crippen molar-refractivity contribution in [3.63, 3.8) is 0 Å². The van der Waals surface area contributed by atoms with Crippen molar-refractivity contribution in [1.82, 2.24) is 0 Å². The average molecular weight is 309 g/mol. The highest BCUT2D eigenvalue weighted by molar-refractivity contribution is 6.33. The summed E-state index contributed by atoms with van der Waals surface area (Å²) in [6, 6.07) is 7.87. The topological polar surface area (TPSA) is 92.4 Å². The quantitative estimate of drug-likeness (QED) is 0.809. The Morgan fingerprint density at radius 1 is 1.19 bits per heavy atom. The summed E-state index contributed by atoms with van der Waals surface area (Å²) in [5, 5.41) is 11.6. The van der Waals surface area contributed by atoms with Gasteiger partial charge in [-0.1, -0.05) is 11.6 Å². The van der Waals surface area contributed by atoms with Crippen LogP contribution in [0.3, 0.4) is 0 Å². The Hall–Kier alpha value is -2.60. The van der Waals surface area contributed by atoms with E-state index in [1.165, 1.54) is 30.3 Å². The maximum Gasteiger partial charge on any atom is 0.337 e. The highest BCUT2D eigenvalue weighted by atomic mass is 35.5. The van der Waals surface area contributed by atoms with E-state index in [0.717, 1.165) is 6.07 Å². The molecule has 0 fully saturated rings. The van der Waals surface area contributed by atoms with E-state index in [9.17, 15) is 14.0 Å². The first-order chi connectivity index (χ1) is 9.88. The summed E-state index contributed by atoms with van der Waals surface area (Å²) in [7, 11) is 0. The number of anilines is 2. The number of carbonyl (C=O) groups excluding carboxylic acids is 1. The summed E-state index contributed by atoms with van der Waals surface area (Å²) >= 11 is 5.82. The van der Waals surface area contributed by atoms with Gasteiger partial charge in [-0.25, -0.2) is 9.18 Å². The molecule has 7 heteroatoms. The molecular weight excluding hydrogens is 299 g/mol. The molecule has 0 heterocycles.